The van der Waals surface area contributed by atoms with Gasteiger partial charge in [-0.15, -0.1) is 0 Å². The van der Waals surface area contributed by atoms with Crippen molar-refractivity contribution in [3.05, 3.63) is 0 Å². The first-order valence-corrected chi connectivity index (χ1v) is 5.92. The van der Waals surface area contributed by atoms with Gasteiger partial charge < -0.3 is 19.8 Å². The van der Waals surface area contributed by atoms with Crippen LogP contribution in [0.25, 0.3) is 0 Å². The molecule has 92 valence electrons. The summed E-state index contributed by atoms with van der Waals surface area (Å²) in [5, 5.41) is 21.8. The minimum atomic E-state index is -1.25. The number of carbonyl (C=O) groups is 2. The second-order valence-electron chi connectivity index (χ2n) is 4.66. The van der Waals surface area contributed by atoms with Gasteiger partial charge in [-0.3, -0.25) is 0 Å². The molecule has 1 aliphatic rings. The van der Waals surface area contributed by atoms with Gasteiger partial charge in [-0.2, -0.15) is 0 Å². The number of carboxylic acid groups (broad SMARTS) is 2. The molecule has 0 radical (unpaired) electrons. The Bertz CT molecular complexity index is 246. The maximum atomic E-state index is 10.9. The van der Waals surface area contributed by atoms with Crippen LogP contribution >= 0.6 is 0 Å². The molecule has 0 heterocycles. The van der Waals surface area contributed by atoms with E-state index in [-0.39, 0.29) is 0 Å². The summed E-state index contributed by atoms with van der Waals surface area (Å²) in [7, 11) is 0. The number of hydrogen-bond acceptors (Lipinski definition) is 4. The minimum Gasteiger partial charge on any atom is -0.550 e. The van der Waals surface area contributed by atoms with Gasteiger partial charge in [0.1, 0.15) is 0 Å². The van der Waals surface area contributed by atoms with Gasteiger partial charge in [0, 0.05) is 23.8 Å². The molecule has 16 heavy (non-hydrogen) atoms. The summed E-state index contributed by atoms with van der Waals surface area (Å²) in [5.41, 5.74) is 0. The van der Waals surface area contributed by atoms with Crippen LogP contribution in [0.1, 0.15) is 39.5 Å². The van der Waals surface area contributed by atoms with E-state index in [1.165, 1.54) is 0 Å². The summed E-state index contributed by atoms with van der Waals surface area (Å²) in [6, 6.07) is 0. The zero-order chi connectivity index (χ0) is 12.3. The summed E-state index contributed by atoms with van der Waals surface area (Å²) in [5.74, 6) is -3.66. The predicted octanol–water partition coefficient (Wildman–Crippen LogP) is -0.435. The second-order valence-corrected chi connectivity index (χ2v) is 4.66. The molecular weight excluding hydrogens is 208 g/mol. The molecule has 0 bridgehead atoms. The van der Waals surface area contributed by atoms with Crippen LogP contribution in [0, 0.1) is 23.7 Å². The number of hydrogen-bond donors (Lipinski definition) is 0. The molecule has 0 saturated heterocycles. The van der Waals surface area contributed by atoms with E-state index in [2.05, 4.69) is 0 Å². The first-order valence-electron chi connectivity index (χ1n) is 5.92. The fourth-order valence-corrected chi connectivity index (χ4v) is 2.89. The van der Waals surface area contributed by atoms with E-state index in [0.717, 1.165) is 12.8 Å². The molecule has 4 atom stereocenters. The maximum absolute atomic E-state index is 10.9. The van der Waals surface area contributed by atoms with E-state index < -0.39 is 23.8 Å². The van der Waals surface area contributed by atoms with Crippen molar-refractivity contribution in [2.75, 3.05) is 0 Å². The van der Waals surface area contributed by atoms with Crippen molar-refractivity contribution in [2.24, 2.45) is 23.7 Å². The first kappa shape index (κ1) is 13.0. The van der Waals surface area contributed by atoms with E-state index >= 15 is 0 Å². The highest BCUT2D eigenvalue weighted by molar-refractivity contribution is 5.78. The average Bonchev–Trinajstić information content (AvgIpc) is 2.26. The van der Waals surface area contributed by atoms with Gasteiger partial charge in [-0.1, -0.05) is 26.7 Å². The van der Waals surface area contributed by atoms with Crippen molar-refractivity contribution >= 4 is 11.9 Å². The molecule has 4 unspecified atom stereocenters. The summed E-state index contributed by atoms with van der Waals surface area (Å²) in [4.78, 5) is 21.8. The molecule has 4 heteroatoms. The van der Waals surface area contributed by atoms with Crippen molar-refractivity contribution in [3.63, 3.8) is 0 Å². The van der Waals surface area contributed by atoms with Gasteiger partial charge in [0.05, 0.1) is 0 Å². The second kappa shape index (κ2) is 5.32. The van der Waals surface area contributed by atoms with E-state index in [0.29, 0.717) is 24.7 Å². The molecule has 0 spiro atoms. The Morgan fingerprint density at radius 2 is 1.25 bits per heavy atom. The molecule has 1 rings (SSSR count). The van der Waals surface area contributed by atoms with Gasteiger partial charge >= 0.3 is 0 Å². The Labute approximate surface area is 95.7 Å². The van der Waals surface area contributed by atoms with Gasteiger partial charge in [0.15, 0.2) is 0 Å². The van der Waals surface area contributed by atoms with E-state index in [4.69, 9.17) is 0 Å². The van der Waals surface area contributed by atoms with E-state index in [1.54, 1.807) is 0 Å². The van der Waals surface area contributed by atoms with Crippen molar-refractivity contribution in [1.29, 1.82) is 0 Å². The third-order valence-corrected chi connectivity index (χ3v) is 3.92. The average molecular weight is 226 g/mol. The SMILES string of the molecule is CCC1CC(C(=O)[O-])C(C(=O)[O-])CC1CC. The predicted molar refractivity (Wildman–Crippen MR) is 53.8 cm³/mol. The molecule has 1 saturated carbocycles. The van der Waals surface area contributed by atoms with Gasteiger partial charge in [-0.05, 0) is 24.7 Å². The number of carboxylic acids is 2. The molecule has 1 aliphatic carbocycles. The molecule has 0 amide bonds. The molecule has 0 aromatic heterocycles. The fourth-order valence-electron chi connectivity index (χ4n) is 2.89. The van der Waals surface area contributed by atoms with Crippen LogP contribution in [-0.4, -0.2) is 11.9 Å². The Balaban J connectivity index is 2.84. The van der Waals surface area contributed by atoms with Crippen molar-refractivity contribution in [3.8, 4) is 0 Å². The lowest BCUT2D eigenvalue weighted by Gasteiger charge is -2.42. The van der Waals surface area contributed by atoms with Gasteiger partial charge in [0.25, 0.3) is 0 Å². The Kier molecular flexibility index (Phi) is 4.33. The Morgan fingerprint density at radius 1 is 0.938 bits per heavy atom. The molecular formula is C12H18O4-2. The van der Waals surface area contributed by atoms with Gasteiger partial charge in [0.2, 0.25) is 0 Å². The molecule has 0 aromatic rings. The first-order chi connectivity index (χ1) is 7.51. The van der Waals surface area contributed by atoms with Crippen molar-refractivity contribution < 1.29 is 19.8 Å². The number of aliphatic carboxylic acids is 2. The van der Waals surface area contributed by atoms with Crippen LogP contribution < -0.4 is 10.2 Å². The fraction of sp³-hybridized carbons (Fsp3) is 0.833. The maximum Gasteiger partial charge on any atom is 0.0451 e. The lowest BCUT2D eigenvalue weighted by molar-refractivity contribution is -0.329. The van der Waals surface area contributed by atoms with Crippen LogP contribution in [0.2, 0.25) is 0 Å². The number of rotatable bonds is 4. The van der Waals surface area contributed by atoms with Crippen molar-refractivity contribution in [1.82, 2.24) is 0 Å². The van der Waals surface area contributed by atoms with Crippen LogP contribution in [0.5, 0.6) is 0 Å². The Morgan fingerprint density at radius 3 is 1.44 bits per heavy atom. The summed E-state index contributed by atoms with van der Waals surface area (Å²) >= 11 is 0. The van der Waals surface area contributed by atoms with Crippen LogP contribution in [0.15, 0.2) is 0 Å². The summed E-state index contributed by atoms with van der Waals surface area (Å²) < 4.78 is 0. The highest BCUT2D eigenvalue weighted by Crippen LogP contribution is 2.40. The number of carbonyl (C=O) groups excluding carboxylic acids is 2. The molecule has 4 nitrogen and oxygen atoms in total. The Hall–Kier alpha value is -1.06. The topological polar surface area (TPSA) is 80.3 Å². The summed E-state index contributed by atoms with van der Waals surface area (Å²) in [6.07, 6.45) is 2.61. The summed E-state index contributed by atoms with van der Waals surface area (Å²) in [6.45, 7) is 4.03. The van der Waals surface area contributed by atoms with Gasteiger partial charge in [-0.25, -0.2) is 0 Å². The monoisotopic (exact) mass is 226 g/mol. The molecule has 0 aliphatic heterocycles. The quantitative estimate of drug-likeness (QED) is 0.651. The van der Waals surface area contributed by atoms with E-state index in [1.807, 2.05) is 13.8 Å². The molecule has 1 fully saturated rings. The van der Waals surface area contributed by atoms with Crippen molar-refractivity contribution in [2.45, 2.75) is 39.5 Å². The smallest absolute Gasteiger partial charge is 0.0451 e. The standard InChI is InChI=1S/C12H20O4/c1-3-7-5-9(11(13)14)10(12(15)16)6-8(7)4-2/h7-10H,3-6H2,1-2H3,(H,13,14)(H,15,16)/p-2. The largest absolute Gasteiger partial charge is 0.550 e. The molecule has 0 N–H and O–H groups in total. The molecule has 0 aromatic carbocycles. The van der Waals surface area contributed by atoms with Crippen LogP contribution in [0.4, 0.5) is 0 Å². The zero-order valence-corrected chi connectivity index (χ0v) is 9.77. The minimum absolute atomic E-state index is 0.295. The van der Waals surface area contributed by atoms with E-state index in [9.17, 15) is 19.8 Å². The zero-order valence-electron chi connectivity index (χ0n) is 9.77. The van der Waals surface area contributed by atoms with Crippen LogP contribution in [0.3, 0.4) is 0 Å². The van der Waals surface area contributed by atoms with Crippen LogP contribution in [-0.2, 0) is 9.59 Å². The lowest BCUT2D eigenvalue weighted by atomic mass is 9.66. The third-order valence-electron chi connectivity index (χ3n) is 3.92. The normalized spacial score (nSPS) is 34.6. The lowest BCUT2D eigenvalue weighted by Crippen LogP contribution is -2.48. The third kappa shape index (κ3) is 2.54. The highest BCUT2D eigenvalue weighted by Gasteiger charge is 2.36. The highest BCUT2D eigenvalue weighted by atomic mass is 16.4.